The molecule has 0 saturated carbocycles. The summed E-state index contributed by atoms with van der Waals surface area (Å²) in [6.07, 6.45) is 5.88. The van der Waals surface area contributed by atoms with Crippen molar-refractivity contribution in [3.63, 3.8) is 0 Å². The normalized spacial score (nSPS) is 19.3. The minimum Gasteiger partial charge on any atom is -0.480 e. The zero-order chi connectivity index (χ0) is 22.0. The van der Waals surface area contributed by atoms with E-state index in [0.717, 1.165) is 5.75 Å². The van der Waals surface area contributed by atoms with Gasteiger partial charge in [0.1, 0.15) is 18.1 Å². The molecule has 0 aromatic heterocycles. The number of likely N-dealkylation sites (tertiary alicyclic amines) is 1. The third kappa shape index (κ3) is 8.06. The molecule has 0 aromatic rings. The average Bonchev–Trinajstić information content (AvgIpc) is 3.18. The molecule has 3 amide bonds. The van der Waals surface area contributed by atoms with Gasteiger partial charge in [-0.1, -0.05) is 0 Å². The molecule has 4 unspecified atom stereocenters. The summed E-state index contributed by atoms with van der Waals surface area (Å²) in [5.74, 6) is -0.926. The molecule has 1 rings (SSSR count). The number of amides is 3. The lowest BCUT2D eigenvalue weighted by molar-refractivity contribution is -0.144. The molecular weight excluding hydrogens is 416 g/mol. The second kappa shape index (κ2) is 13.0. The number of carbonyl (C=O) groups is 4. The fourth-order valence-electron chi connectivity index (χ4n) is 3.02. The number of hydrogen-bond donors (Lipinski definition) is 4. The Bertz CT molecular complexity index is 593. The van der Waals surface area contributed by atoms with Gasteiger partial charge in [0.2, 0.25) is 17.7 Å². The SMILES string of the molecule is CSCCC(N)C(=O)NC(CCSC)C(=O)N1CCCC1C(=O)NC(C)C(=O)O. The van der Waals surface area contributed by atoms with E-state index in [4.69, 9.17) is 10.8 Å². The van der Waals surface area contributed by atoms with Crippen LogP contribution in [0.5, 0.6) is 0 Å². The van der Waals surface area contributed by atoms with Crippen molar-refractivity contribution < 1.29 is 24.3 Å². The van der Waals surface area contributed by atoms with Gasteiger partial charge in [-0.25, -0.2) is 0 Å². The Kier molecular flexibility index (Phi) is 11.4. The molecule has 5 N–H and O–H groups in total. The van der Waals surface area contributed by atoms with Gasteiger partial charge in [-0.3, -0.25) is 19.2 Å². The number of thioether (sulfide) groups is 2. The van der Waals surface area contributed by atoms with E-state index in [2.05, 4.69) is 10.6 Å². The van der Waals surface area contributed by atoms with Crippen molar-refractivity contribution in [2.75, 3.05) is 30.6 Å². The van der Waals surface area contributed by atoms with Crippen LogP contribution in [-0.4, -0.2) is 88.4 Å². The van der Waals surface area contributed by atoms with Crippen LogP contribution >= 0.6 is 23.5 Å². The standard InChI is InChI=1S/C18H32N4O5S2/c1-11(18(26)27)20-16(24)14-5-4-8-22(14)17(25)13(7-10-29-3)21-15(23)12(19)6-9-28-2/h11-14H,4-10,19H2,1-3H3,(H,20,24)(H,21,23)(H,26,27). The van der Waals surface area contributed by atoms with Crippen LogP contribution in [0.1, 0.15) is 32.6 Å². The lowest BCUT2D eigenvalue weighted by Crippen LogP contribution is -2.56. The number of hydrogen-bond acceptors (Lipinski definition) is 7. The Hall–Kier alpha value is -1.46. The van der Waals surface area contributed by atoms with E-state index in [9.17, 15) is 19.2 Å². The predicted octanol–water partition coefficient (Wildman–Crippen LogP) is -0.115. The highest BCUT2D eigenvalue weighted by Gasteiger charge is 2.38. The van der Waals surface area contributed by atoms with E-state index in [1.54, 1.807) is 23.5 Å². The highest BCUT2D eigenvalue weighted by Crippen LogP contribution is 2.20. The second-order valence-electron chi connectivity index (χ2n) is 6.99. The van der Waals surface area contributed by atoms with Crippen molar-refractivity contribution in [2.45, 2.75) is 56.8 Å². The van der Waals surface area contributed by atoms with E-state index in [0.29, 0.717) is 38.0 Å². The van der Waals surface area contributed by atoms with Crippen LogP contribution in [0.4, 0.5) is 0 Å². The van der Waals surface area contributed by atoms with Crippen LogP contribution < -0.4 is 16.4 Å². The number of nitrogens with two attached hydrogens (primary N) is 1. The summed E-state index contributed by atoms with van der Waals surface area (Å²) in [6, 6.07) is -3.23. The summed E-state index contributed by atoms with van der Waals surface area (Å²) < 4.78 is 0. The largest absolute Gasteiger partial charge is 0.480 e. The Morgan fingerprint density at radius 2 is 1.76 bits per heavy atom. The van der Waals surface area contributed by atoms with E-state index in [1.165, 1.54) is 11.8 Å². The van der Waals surface area contributed by atoms with Crippen LogP contribution in [-0.2, 0) is 19.2 Å². The molecular formula is C18H32N4O5S2. The summed E-state index contributed by atoms with van der Waals surface area (Å²) in [5.41, 5.74) is 5.92. The molecule has 0 aliphatic carbocycles. The highest BCUT2D eigenvalue weighted by molar-refractivity contribution is 7.98. The first-order valence-electron chi connectivity index (χ1n) is 9.60. The lowest BCUT2D eigenvalue weighted by atomic mass is 10.1. The average molecular weight is 449 g/mol. The molecule has 1 aliphatic heterocycles. The van der Waals surface area contributed by atoms with E-state index >= 15 is 0 Å². The van der Waals surface area contributed by atoms with E-state index in [1.807, 2.05) is 12.5 Å². The fraction of sp³-hybridized carbons (Fsp3) is 0.778. The smallest absolute Gasteiger partial charge is 0.325 e. The quantitative estimate of drug-likeness (QED) is 0.324. The van der Waals surface area contributed by atoms with Crippen molar-refractivity contribution in [3.8, 4) is 0 Å². The first-order valence-corrected chi connectivity index (χ1v) is 12.4. The van der Waals surface area contributed by atoms with Gasteiger partial charge in [0.05, 0.1) is 6.04 Å². The molecule has 1 aliphatic rings. The summed E-state index contributed by atoms with van der Waals surface area (Å²) in [5, 5.41) is 14.2. The second-order valence-corrected chi connectivity index (χ2v) is 8.96. The first-order chi connectivity index (χ1) is 13.7. The summed E-state index contributed by atoms with van der Waals surface area (Å²) in [7, 11) is 0. The zero-order valence-electron chi connectivity index (χ0n) is 17.2. The number of aliphatic carboxylic acids is 1. The maximum absolute atomic E-state index is 13.1. The monoisotopic (exact) mass is 448 g/mol. The van der Waals surface area contributed by atoms with Crippen LogP contribution in [0, 0.1) is 0 Å². The summed E-state index contributed by atoms with van der Waals surface area (Å²) in [6.45, 7) is 1.77. The van der Waals surface area contributed by atoms with Crippen LogP contribution in [0.2, 0.25) is 0 Å². The van der Waals surface area contributed by atoms with Crippen LogP contribution in [0.25, 0.3) is 0 Å². The topological polar surface area (TPSA) is 142 Å². The predicted molar refractivity (Wildman–Crippen MR) is 116 cm³/mol. The van der Waals surface area contributed by atoms with Crippen molar-refractivity contribution in [1.29, 1.82) is 0 Å². The maximum atomic E-state index is 13.1. The number of carbonyl (C=O) groups excluding carboxylic acids is 3. The molecule has 1 heterocycles. The van der Waals surface area contributed by atoms with Crippen LogP contribution in [0.3, 0.4) is 0 Å². The molecule has 1 fully saturated rings. The van der Waals surface area contributed by atoms with Gasteiger partial charge in [0, 0.05) is 6.54 Å². The van der Waals surface area contributed by atoms with E-state index in [-0.39, 0.29) is 11.8 Å². The Balaban J connectivity index is 2.84. The third-order valence-corrected chi connectivity index (χ3v) is 6.05. The highest BCUT2D eigenvalue weighted by atomic mass is 32.2. The molecule has 29 heavy (non-hydrogen) atoms. The molecule has 9 nitrogen and oxygen atoms in total. The van der Waals surface area contributed by atoms with Crippen molar-refractivity contribution in [1.82, 2.24) is 15.5 Å². The number of carboxylic acid groups (broad SMARTS) is 1. The molecule has 4 atom stereocenters. The molecule has 0 bridgehead atoms. The van der Waals surface area contributed by atoms with Gasteiger partial charge in [0.15, 0.2) is 0 Å². The zero-order valence-corrected chi connectivity index (χ0v) is 18.8. The summed E-state index contributed by atoms with van der Waals surface area (Å²) >= 11 is 3.15. The third-order valence-electron chi connectivity index (χ3n) is 4.76. The molecule has 1 saturated heterocycles. The van der Waals surface area contributed by atoms with Crippen LogP contribution in [0.15, 0.2) is 0 Å². The van der Waals surface area contributed by atoms with Gasteiger partial charge in [0.25, 0.3) is 0 Å². The van der Waals surface area contributed by atoms with E-state index < -0.39 is 36.0 Å². The minimum atomic E-state index is -1.14. The molecule has 0 radical (unpaired) electrons. The number of nitrogens with one attached hydrogen (secondary N) is 2. The number of carboxylic acids is 1. The Morgan fingerprint density at radius 3 is 2.34 bits per heavy atom. The minimum absolute atomic E-state index is 0.329. The van der Waals surface area contributed by atoms with Crippen molar-refractivity contribution in [2.24, 2.45) is 5.73 Å². The maximum Gasteiger partial charge on any atom is 0.325 e. The number of nitrogens with zero attached hydrogens (tertiary/aromatic N) is 1. The molecule has 166 valence electrons. The van der Waals surface area contributed by atoms with Crippen molar-refractivity contribution >= 4 is 47.2 Å². The van der Waals surface area contributed by atoms with Crippen molar-refractivity contribution in [3.05, 3.63) is 0 Å². The van der Waals surface area contributed by atoms with Gasteiger partial charge in [-0.15, -0.1) is 0 Å². The Labute approximate surface area is 180 Å². The van der Waals surface area contributed by atoms with Gasteiger partial charge in [-0.05, 0) is 56.6 Å². The summed E-state index contributed by atoms with van der Waals surface area (Å²) in [4.78, 5) is 50.4. The van der Waals surface area contributed by atoms with Gasteiger partial charge < -0.3 is 26.4 Å². The molecule has 11 heteroatoms. The fourth-order valence-corrected chi connectivity index (χ4v) is 3.98. The Morgan fingerprint density at radius 1 is 1.14 bits per heavy atom. The van der Waals surface area contributed by atoms with Gasteiger partial charge >= 0.3 is 5.97 Å². The molecule has 0 aromatic carbocycles. The lowest BCUT2D eigenvalue weighted by Gasteiger charge is -2.29. The number of rotatable bonds is 12. The molecule has 0 spiro atoms. The van der Waals surface area contributed by atoms with Gasteiger partial charge in [-0.2, -0.15) is 23.5 Å². The first kappa shape index (κ1) is 25.6.